The van der Waals surface area contributed by atoms with Gasteiger partial charge in [0, 0.05) is 16.8 Å². The summed E-state index contributed by atoms with van der Waals surface area (Å²) in [6.45, 7) is 0. The van der Waals surface area contributed by atoms with E-state index in [-0.39, 0.29) is 5.82 Å². The van der Waals surface area contributed by atoms with Crippen molar-refractivity contribution in [3.05, 3.63) is 41.3 Å². The van der Waals surface area contributed by atoms with Gasteiger partial charge < -0.3 is 5.73 Å². The first-order valence-corrected chi connectivity index (χ1v) is 6.65. The Kier molecular flexibility index (Phi) is 3.15. The summed E-state index contributed by atoms with van der Waals surface area (Å²) in [6.07, 6.45) is 5.42. The van der Waals surface area contributed by atoms with Gasteiger partial charge in [0.25, 0.3) is 0 Å². The molecule has 4 heteroatoms. The third kappa shape index (κ3) is 2.43. The quantitative estimate of drug-likeness (QED) is 0.798. The Morgan fingerprint density at radius 3 is 2.47 bits per heavy atom. The Hall–Kier alpha value is -1.97. The highest BCUT2D eigenvalue weighted by Gasteiger charge is 2.15. The molecule has 1 aliphatic rings. The van der Waals surface area contributed by atoms with Crippen molar-refractivity contribution in [3.8, 4) is 11.4 Å². The second-order valence-electron chi connectivity index (χ2n) is 4.93. The number of nitrogen functional groups attached to an aromatic ring is 1. The van der Waals surface area contributed by atoms with Crippen LogP contribution < -0.4 is 5.73 Å². The largest absolute Gasteiger partial charge is 0.383 e. The molecule has 1 aliphatic carbocycles. The summed E-state index contributed by atoms with van der Waals surface area (Å²) in [5.41, 5.74) is 9.02. The smallest absolute Gasteiger partial charge is 0.161 e. The lowest BCUT2D eigenvalue weighted by atomic mass is 10.1. The van der Waals surface area contributed by atoms with Gasteiger partial charge >= 0.3 is 0 Å². The number of rotatable bonds is 1. The van der Waals surface area contributed by atoms with Crippen molar-refractivity contribution in [1.29, 1.82) is 0 Å². The van der Waals surface area contributed by atoms with Gasteiger partial charge in [0.1, 0.15) is 11.6 Å². The molecule has 0 radical (unpaired) electrons. The maximum Gasteiger partial charge on any atom is 0.161 e. The molecule has 0 spiro atoms. The van der Waals surface area contributed by atoms with Crippen LogP contribution in [0.3, 0.4) is 0 Å². The number of hydrogen-bond donors (Lipinski definition) is 1. The molecular weight excluding hydrogens is 241 g/mol. The third-order valence-electron chi connectivity index (χ3n) is 3.57. The molecule has 0 aliphatic heterocycles. The van der Waals surface area contributed by atoms with E-state index in [1.165, 1.54) is 18.6 Å². The number of anilines is 1. The van der Waals surface area contributed by atoms with E-state index in [1.54, 1.807) is 12.1 Å². The van der Waals surface area contributed by atoms with Crippen LogP contribution in [-0.2, 0) is 12.8 Å². The molecule has 0 fully saturated rings. The molecule has 0 unspecified atom stereocenters. The van der Waals surface area contributed by atoms with Crippen molar-refractivity contribution in [1.82, 2.24) is 9.97 Å². The Labute approximate surface area is 111 Å². The van der Waals surface area contributed by atoms with Crippen molar-refractivity contribution in [2.75, 3.05) is 5.73 Å². The molecule has 0 saturated carbocycles. The Morgan fingerprint density at radius 1 is 0.947 bits per heavy atom. The molecule has 3 rings (SSSR count). The lowest BCUT2D eigenvalue weighted by Gasteiger charge is -2.10. The average Bonchev–Trinajstić information content (AvgIpc) is 2.65. The highest BCUT2D eigenvalue weighted by Crippen LogP contribution is 2.26. The van der Waals surface area contributed by atoms with Crippen LogP contribution in [0, 0.1) is 5.82 Å². The summed E-state index contributed by atoms with van der Waals surface area (Å²) < 4.78 is 12.9. The van der Waals surface area contributed by atoms with Crippen molar-refractivity contribution in [2.24, 2.45) is 0 Å². The van der Waals surface area contributed by atoms with Crippen LogP contribution in [0.5, 0.6) is 0 Å². The number of aryl methyl sites for hydroxylation is 1. The molecule has 0 atom stereocenters. The average molecular weight is 257 g/mol. The predicted molar refractivity (Wildman–Crippen MR) is 73.1 cm³/mol. The highest BCUT2D eigenvalue weighted by molar-refractivity contribution is 5.59. The number of nitrogens with two attached hydrogens (primary N) is 1. The fourth-order valence-electron chi connectivity index (χ4n) is 2.53. The van der Waals surface area contributed by atoms with E-state index in [4.69, 9.17) is 5.73 Å². The molecule has 2 N–H and O–H groups in total. The molecule has 0 amide bonds. The van der Waals surface area contributed by atoms with Gasteiger partial charge in [-0.15, -0.1) is 0 Å². The molecule has 1 aromatic heterocycles. The minimum Gasteiger partial charge on any atom is -0.383 e. The normalized spacial score (nSPS) is 14.8. The molecule has 0 bridgehead atoms. The first-order valence-electron chi connectivity index (χ1n) is 6.65. The summed E-state index contributed by atoms with van der Waals surface area (Å²) in [5, 5.41) is 0. The van der Waals surface area contributed by atoms with Crippen LogP contribution in [0.1, 0.15) is 30.5 Å². The maximum absolute atomic E-state index is 12.9. The van der Waals surface area contributed by atoms with Crippen LogP contribution in [0.4, 0.5) is 10.2 Å². The van der Waals surface area contributed by atoms with E-state index in [2.05, 4.69) is 9.97 Å². The van der Waals surface area contributed by atoms with Crippen molar-refractivity contribution in [3.63, 3.8) is 0 Å². The summed E-state index contributed by atoms with van der Waals surface area (Å²) >= 11 is 0. The summed E-state index contributed by atoms with van der Waals surface area (Å²) in [4.78, 5) is 8.99. The van der Waals surface area contributed by atoms with Gasteiger partial charge in [-0.3, -0.25) is 0 Å². The van der Waals surface area contributed by atoms with Crippen LogP contribution in [0.25, 0.3) is 11.4 Å². The van der Waals surface area contributed by atoms with Crippen molar-refractivity contribution < 1.29 is 4.39 Å². The summed E-state index contributed by atoms with van der Waals surface area (Å²) in [6, 6.07) is 6.21. The number of aromatic nitrogens is 2. The summed E-state index contributed by atoms with van der Waals surface area (Å²) in [7, 11) is 0. The Balaban J connectivity index is 2.06. The van der Waals surface area contributed by atoms with E-state index in [1.807, 2.05) is 0 Å². The molecule has 98 valence electrons. The number of benzene rings is 1. The van der Waals surface area contributed by atoms with E-state index >= 15 is 0 Å². The van der Waals surface area contributed by atoms with Crippen LogP contribution in [0.2, 0.25) is 0 Å². The topological polar surface area (TPSA) is 51.8 Å². The number of nitrogens with zero attached hydrogens (tertiary/aromatic N) is 2. The first kappa shape index (κ1) is 12.1. The van der Waals surface area contributed by atoms with Crippen LogP contribution >= 0.6 is 0 Å². The van der Waals surface area contributed by atoms with E-state index in [0.29, 0.717) is 11.6 Å². The zero-order valence-corrected chi connectivity index (χ0v) is 10.7. The SMILES string of the molecule is Nc1nc(-c2ccc(F)cc2)nc2c1CCCCC2. The lowest BCUT2D eigenvalue weighted by molar-refractivity contribution is 0.628. The fraction of sp³-hybridized carbons (Fsp3) is 0.333. The molecule has 3 nitrogen and oxygen atoms in total. The molecule has 19 heavy (non-hydrogen) atoms. The van der Waals surface area contributed by atoms with Crippen molar-refractivity contribution in [2.45, 2.75) is 32.1 Å². The number of halogens is 1. The Bertz CT molecular complexity index is 593. The second-order valence-corrected chi connectivity index (χ2v) is 4.93. The van der Waals surface area contributed by atoms with E-state index < -0.39 is 0 Å². The maximum atomic E-state index is 12.9. The highest BCUT2D eigenvalue weighted by atomic mass is 19.1. The Morgan fingerprint density at radius 2 is 1.68 bits per heavy atom. The van der Waals surface area contributed by atoms with Gasteiger partial charge in [0.15, 0.2) is 5.82 Å². The standard InChI is InChI=1S/C15H16FN3/c16-11-8-6-10(7-9-11)15-18-13-5-3-1-2-4-12(13)14(17)19-15/h6-9H,1-5H2,(H2,17,18,19). The van der Waals surface area contributed by atoms with E-state index in [0.717, 1.165) is 42.5 Å². The first-order chi connectivity index (χ1) is 9.24. The minimum atomic E-state index is -0.258. The third-order valence-corrected chi connectivity index (χ3v) is 3.57. The lowest BCUT2D eigenvalue weighted by Crippen LogP contribution is -2.06. The number of hydrogen-bond acceptors (Lipinski definition) is 3. The van der Waals surface area contributed by atoms with Gasteiger partial charge in [0.2, 0.25) is 0 Å². The van der Waals surface area contributed by atoms with Gasteiger partial charge in [-0.05, 0) is 49.9 Å². The van der Waals surface area contributed by atoms with Crippen LogP contribution in [-0.4, -0.2) is 9.97 Å². The molecule has 2 aromatic rings. The summed E-state index contributed by atoms with van der Waals surface area (Å²) in [5.74, 6) is 0.913. The van der Waals surface area contributed by atoms with E-state index in [9.17, 15) is 4.39 Å². The fourth-order valence-corrected chi connectivity index (χ4v) is 2.53. The monoisotopic (exact) mass is 257 g/mol. The molecule has 1 aromatic carbocycles. The molecule has 0 saturated heterocycles. The zero-order chi connectivity index (χ0) is 13.2. The van der Waals surface area contributed by atoms with Gasteiger partial charge in [-0.1, -0.05) is 6.42 Å². The minimum absolute atomic E-state index is 0.258. The van der Waals surface area contributed by atoms with Gasteiger partial charge in [-0.2, -0.15) is 0 Å². The van der Waals surface area contributed by atoms with Gasteiger partial charge in [-0.25, -0.2) is 14.4 Å². The number of fused-ring (bicyclic) bond motifs is 1. The molecular formula is C15H16FN3. The molecule has 1 heterocycles. The van der Waals surface area contributed by atoms with Crippen molar-refractivity contribution >= 4 is 5.82 Å². The second kappa shape index (κ2) is 4.96. The zero-order valence-electron chi connectivity index (χ0n) is 10.7. The predicted octanol–water partition coefficient (Wildman–Crippen LogP) is 3.13. The van der Waals surface area contributed by atoms with Gasteiger partial charge in [0.05, 0.1) is 0 Å². The van der Waals surface area contributed by atoms with Crippen LogP contribution in [0.15, 0.2) is 24.3 Å².